The van der Waals surface area contributed by atoms with Crippen LogP contribution in [0.1, 0.15) is 37.2 Å². The number of unbranched alkanes of at least 4 members (excludes halogenated alkanes) is 1. The molecule has 7 nitrogen and oxygen atoms in total. The minimum Gasteiger partial charge on any atom is -0.369 e. The molecule has 1 aliphatic heterocycles. The largest absolute Gasteiger partial charge is 0.369 e. The first kappa shape index (κ1) is 24.0. The first-order valence-corrected chi connectivity index (χ1v) is 12.3. The third-order valence-corrected chi connectivity index (χ3v) is 6.30. The van der Waals surface area contributed by atoms with Crippen molar-refractivity contribution in [2.45, 2.75) is 33.2 Å². The van der Waals surface area contributed by atoms with E-state index in [-0.39, 0.29) is 17.4 Å². The molecule has 0 spiro atoms. The predicted molar refractivity (Wildman–Crippen MR) is 138 cm³/mol. The van der Waals surface area contributed by atoms with Crippen LogP contribution in [0.3, 0.4) is 0 Å². The lowest BCUT2D eigenvalue weighted by molar-refractivity contribution is 0.0946. The third-order valence-electron chi connectivity index (χ3n) is 6.30. The number of carbonyl (C=O) groups excluding carboxylic acids is 1. The van der Waals surface area contributed by atoms with Gasteiger partial charge in [-0.1, -0.05) is 50.2 Å². The van der Waals surface area contributed by atoms with Crippen LogP contribution in [0.4, 0.5) is 5.69 Å². The molecule has 0 radical (unpaired) electrons. The van der Waals surface area contributed by atoms with Crippen LogP contribution in [-0.4, -0.2) is 59.9 Å². The minimum absolute atomic E-state index is 0.145. The molecule has 0 saturated carbocycles. The van der Waals surface area contributed by atoms with Crippen molar-refractivity contribution in [1.29, 1.82) is 0 Å². The van der Waals surface area contributed by atoms with Gasteiger partial charge in [0.05, 0.1) is 5.39 Å². The van der Waals surface area contributed by atoms with Gasteiger partial charge >= 0.3 is 0 Å². The summed E-state index contributed by atoms with van der Waals surface area (Å²) in [6.07, 6.45) is 1.95. The lowest BCUT2D eigenvalue weighted by atomic mass is 10.1. The summed E-state index contributed by atoms with van der Waals surface area (Å²) in [5.74, 6) is 0.0435. The Hall–Kier alpha value is -3.19. The standard InChI is InChI=1S/C27H35N5O2/c1-21(2)20-32-27(34)24-13-7-6-12-23(24)25(29-32)26(33)28-14-8-9-15-30-16-18-31(19-17-30)22-10-4-3-5-11-22/h3-7,10-13,21H,8-9,14-20H2,1-2H3,(H,28,33). The number of hydrogen-bond acceptors (Lipinski definition) is 5. The van der Waals surface area contributed by atoms with Crippen molar-refractivity contribution < 1.29 is 4.79 Å². The Morgan fingerprint density at radius 3 is 2.32 bits per heavy atom. The molecule has 2 aromatic carbocycles. The smallest absolute Gasteiger partial charge is 0.274 e. The van der Waals surface area contributed by atoms with E-state index in [1.54, 1.807) is 12.1 Å². The van der Waals surface area contributed by atoms with Gasteiger partial charge < -0.3 is 10.2 Å². The maximum atomic E-state index is 12.9. The van der Waals surface area contributed by atoms with E-state index in [9.17, 15) is 9.59 Å². The fourth-order valence-electron chi connectivity index (χ4n) is 4.49. The molecule has 1 aliphatic rings. The molecule has 3 aromatic rings. The summed E-state index contributed by atoms with van der Waals surface area (Å²) in [5, 5.41) is 8.59. The van der Waals surface area contributed by atoms with Crippen LogP contribution in [0.5, 0.6) is 0 Å². The number of amides is 1. The zero-order chi connectivity index (χ0) is 23.9. The van der Waals surface area contributed by atoms with Gasteiger partial charge in [0.25, 0.3) is 11.5 Å². The maximum absolute atomic E-state index is 12.9. The Labute approximate surface area is 201 Å². The number of benzene rings is 2. The number of piperazine rings is 1. The highest BCUT2D eigenvalue weighted by Crippen LogP contribution is 2.16. The quantitative estimate of drug-likeness (QED) is 0.495. The fourth-order valence-corrected chi connectivity index (χ4v) is 4.49. The summed E-state index contributed by atoms with van der Waals surface area (Å²) in [4.78, 5) is 30.6. The summed E-state index contributed by atoms with van der Waals surface area (Å²) in [7, 11) is 0. The molecule has 0 atom stereocenters. The molecule has 1 saturated heterocycles. The van der Waals surface area contributed by atoms with Crippen molar-refractivity contribution in [1.82, 2.24) is 20.0 Å². The first-order valence-electron chi connectivity index (χ1n) is 12.3. The molecule has 2 heterocycles. The van der Waals surface area contributed by atoms with Crippen molar-refractivity contribution in [3.05, 3.63) is 70.6 Å². The maximum Gasteiger partial charge on any atom is 0.274 e. The zero-order valence-corrected chi connectivity index (χ0v) is 20.2. The van der Waals surface area contributed by atoms with Crippen LogP contribution < -0.4 is 15.8 Å². The average molecular weight is 462 g/mol. The second-order valence-electron chi connectivity index (χ2n) is 9.40. The van der Waals surface area contributed by atoms with E-state index in [1.807, 2.05) is 26.0 Å². The molecule has 1 fully saturated rings. The first-order chi connectivity index (χ1) is 16.5. The highest BCUT2D eigenvalue weighted by Gasteiger charge is 2.18. The summed E-state index contributed by atoms with van der Waals surface area (Å²) >= 11 is 0. The number of nitrogens with zero attached hydrogens (tertiary/aromatic N) is 4. The number of anilines is 1. The van der Waals surface area contributed by atoms with E-state index in [0.717, 1.165) is 45.6 Å². The Balaban J connectivity index is 1.26. The number of para-hydroxylation sites is 1. The fraction of sp³-hybridized carbons (Fsp3) is 0.444. The Morgan fingerprint density at radius 2 is 1.62 bits per heavy atom. The molecule has 34 heavy (non-hydrogen) atoms. The SMILES string of the molecule is CC(C)Cn1nc(C(=O)NCCCCN2CCN(c3ccccc3)CC2)c2ccccc2c1=O. The Bertz CT molecular complexity index is 1150. The summed E-state index contributed by atoms with van der Waals surface area (Å²) in [6.45, 7) is 10.4. The van der Waals surface area contributed by atoms with E-state index in [2.05, 4.69) is 50.5 Å². The van der Waals surface area contributed by atoms with Gasteiger partial charge in [0.2, 0.25) is 0 Å². The molecule has 7 heteroatoms. The van der Waals surface area contributed by atoms with Gasteiger partial charge in [-0.05, 0) is 43.5 Å². The number of fused-ring (bicyclic) bond motifs is 1. The lowest BCUT2D eigenvalue weighted by Gasteiger charge is -2.36. The van der Waals surface area contributed by atoms with E-state index < -0.39 is 0 Å². The van der Waals surface area contributed by atoms with Crippen LogP contribution in [0.15, 0.2) is 59.4 Å². The van der Waals surface area contributed by atoms with E-state index in [4.69, 9.17) is 0 Å². The van der Waals surface area contributed by atoms with Gasteiger partial charge in [-0.25, -0.2) is 4.68 Å². The lowest BCUT2D eigenvalue weighted by Crippen LogP contribution is -2.46. The average Bonchev–Trinajstić information content (AvgIpc) is 2.86. The van der Waals surface area contributed by atoms with E-state index in [1.165, 1.54) is 10.4 Å². The number of rotatable bonds is 9. The number of hydrogen-bond donors (Lipinski definition) is 1. The van der Waals surface area contributed by atoms with Crippen LogP contribution in [0, 0.1) is 5.92 Å². The molecule has 180 valence electrons. The molecule has 0 unspecified atom stereocenters. The molecule has 0 bridgehead atoms. The minimum atomic E-state index is -0.217. The summed E-state index contributed by atoms with van der Waals surface area (Å²) < 4.78 is 1.43. The molecule has 0 aliphatic carbocycles. The monoisotopic (exact) mass is 461 g/mol. The molecule has 1 aromatic heterocycles. The number of aromatic nitrogens is 2. The van der Waals surface area contributed by atoms with Crippen molar-refractivity contribution in [3.8, 4) is 0 Å². The zero-order valence-electron chi connectivity index (χ0n) is 20.2. The molecular formula is C27H35N5O2. The normalized spacial score (nSPS) is 14.6. The van der Waals surface area contributed by atoms with Gasteiger partial charge in [-0.15, -0.1) is 0 Å². The molecule has 4 rings (SSSR count). The van der Waals surface area contributed by atoms with Gasteiger partial charge in [0.1, 0.15) is 0 Å². The highest BCUT2D eigenvalue weighted by atomic mass is 16.2. The second-order valence-corrected chi connectivity index (χ2v) is 9.40. The van der Waals surface area contributed by atoms with Crippen LogP contribution in [-0.2, 0) is 6.54 Å². The van der Waals surface area contributed by atoms with Gasteiger partial charge in [0, 0.05) is 50.3 Å². The highest BCUT2D eigenvalue weighted by molar-refractivity contribution is 6.04. The summed E-state index contributed by atoms with van der Waals surface area (Å²) in [5.41, 5.74) is 1.48. The topological polar surface area (TPSA) is 70.5 Å². The summed E-state index contributed by atoms with van der Waals surface area (Å²) in [6, 6.07) is 17.8. The Morgan fingerprint density at radius 1 is 0.941 bits per heavy atom. The van der Waals surface area contributed by atoms with Crippen molar-refractivity contribution in [2.75, 3.05) is 44.2 Å². The van der Waals surface area contributed by atoms with Gasteiger partial charge in [0.15, 0.2) is 5.69 Å². The van der Waals surface area contributed by atoms with Crippen molar-refractivity contribution >= 4 is 22.4 Å². The van der Waals surface area contributed by atoms with Crippen LogP contribution in [0.25, 0.3) is 10.8 Å². The second kappa shape index (κ2) is 11.3. The number of carbonyl (C=O) groups is 1. The van der Waals surface area contributed by atoms with E-state index >= 15 is 0 Å². The van der Waals surface area contributed by atoms with Gasteiger partial charge in [-0.3, -0.25) is 14.5 Å². The van der Waals surface area contributed by atoms with Crippen molar-refractivity contribution in [2.24, 2.45) is 5.92 Å². The van der Waals surface area contributed by atoms with Gasteiger partial charge in [-0.2, -0.15) is 5.10 Å². The Kier molecular flexibility index (Phi) is 7.95. The van der Waals surface area contributed by atoms with Crippen LogP contribution >= 0.6 is 0 Å². The predicted octanol–water partition coefficient (Wildman–Crippen LogP) is 3.38. The molecule has 1 N–H and O–H groups in total. The number of nitrogens with one attached hydrogen (secondary N) is 1. The van der Waals surface area contributed by atoms with Crippen molar-refractivity contribution in [3.63, 3.8) is 0 Å². The van der Waals surface area contributed by atoms with E-state index in [0.29, 0.717) is 29.6 Å². The van der Waals surface area contributed by atoms with Crippen LogP contribution in [0.2, 0.25) is 0 Å². The molecule has 1 amide bonds. The molecular weight excluding hydrogens is 426 g/mol. The third kappa shape index (κ3) is 5.83.